The lowest BCUT2D eigenvalue weighted by molar-refractivity contribution is -0.123. The van der Waals surface area contributed by atoms with Crippen molar-refractivity contribution in [2.75, 3.05) is 11.9 Å². The Labute approximate surface area is 144 Å². The number of aromatic nitrogens is 2. The molecule has 0 saturated heterocycles. The minimum absolute atomic E-state index is 0.0631. The van der Waals surface area contributed by atoms with Crippen LogP contribution in [-0.2, 0) is 16.0 Å². The third-order valence-corrected chi connectivity index (χ3v) is 4.76. The van der Waals surface area contributed by atoms with Crippen molar-refractivity contribution in [3.8, 4) is 0 Å². The zero-order valence-corrected chi connectivity index (χ0v) is 14.3. The first kappa shape index (κ1) is 15.7. The molecule has 0 aliphatic carbocycles. The number of fused-ring (bicyclic) bond motifs is 1. The number of anilines is 1. The predicted octanol–water partition coefficient (Wildman–Crippen LogP) is 2.68. The van der Waals surface area contributed by atoms with Crippen LogP contribution in [0.15, 0.2) is 40.3 Å². The number of H-pyrrole nitrogens is 1. The molecule has 0 saturated carbocycles. The van der Waals surface area contributed by atoms with Crippen LogP contribution < -0.4 is 10.6 Å². The lowest BCUT2D eigenvalue weighted by Gasteiger charge is -2.06. The van der Waals surface area contributed by atoms with E-state index < -0.39 is 0 Å². The maximum atomic E-state index is 11.9. The Hall–Kier alpha value is -2.19. The fourth-order valence-electron chi connectivity index (χ4n) is 2.07. The summed E-state index contributed by atoms with van der Waals surface area (Å²) in [7, 11) is 0. The number of halogens is 1. The van der Waals surface area contributed by atoms with E-state index in [-0.39, 0.29) is 24.8 Å². The molecular weight excluding hydrogens is 380 g/mol. The predicted molar refractivity (Wildman–Crippen MR) is 93.5 cm³/mol. The summed E-state index contributed by atoms with van der Waals surface area (Å²) >= 11 is 4.85. The van der Waals surface area contributed by atoms with E-state index in [1.54, 1.807) is 18.3 Å². The molecule has 118 valence electrons. The molecule has 6 nitrogen and oxygen atoms in total. The van der Waals surface area contributed by atoms with Crippen molar-refractivity contribution in [3.05, 3.63) is 45.2 Å². The molecule has 0 radical (unpaired) electrons. The van der Waals surface area contributed by atoms with Gasteiger partial charge >= 0.3 is 0 Å². The third-order valence-electron chi connectivity index (χ3n) is 3.14. The molecule has 1 aromatic carbocycles. The van der Waals surface area contributed by atoms with Gasteiger partial charge in [-0.15, -0.1) is 11.3 Å². The number of amides is 2. The second-order valence-electron chi connectivity index (χ2n) is 4.88. The van der Waals surface area contributed by atoms with Gasteiger partial charge in [-0.25, -0.2) is 0 Å². The molecule has 3 aromatic rings. The molecule has 8 heteroatoms. The summed E-state index contributed by atoms with van der Waals surface area (Å²) in [6, 6.07) is 9.23. The van der Waals surface area contributed by atoms with E-state index in [4.69, 9.17) is 0 Å². The summed E-state index contributed by atoms with van der Waals surface area (Å²) in [4.78, 5) is 24.6. The van der Waals surface area contributed by atoms with Gasteiger partial charge in [-0.05, 0) is 46.3 Å². The van der Waals surface area contributed by atoms with Crippen LogP contribution in [-0.4, -0.2) is 28.6 Å². The summed E-state index contributed by atoms with van der Waals surface area (Å²) in [5.74, 6) is -0.455. The number of hydrogen-bond donors (Lipinski definition) is 3. The van der Waals surface area contributed by atoms with Gasteiger partial charge < -0.3 is 10.6 Å². The van der Waals surface area contributed by atoms with Crippen LogP contribution in [0.5, 0.6) is 0 Å². The van der Waals surface area contributed by atoms with Gasteiger partial charge in [0.2, 0.25) is 11.8 Å². The van der Waals surface area contributed by atoms with Gasteiger partial charge in [0.15, 0.2) is 0 Å². The Morgan fingerprint density at radius 1 is 1.22 bits per heavy atom. The molecule has 2 amide bonds. The molecule has 3 rings (SSSR count). The number of thiophene rings is 1. The van der Waals surface area contributed by atoms with E-state index >= 15 is 0 Å². The molecular formula is C15H13BrN4O2S. The molecule has 0 unspecified atom stereocenters. The van der Waals surface area contributed by atoms with Crippen molar-refractivity contribution in [2.45, 2.75) is 6.42 Å². The topological polar surface area (TPSA) is 86.9 Å². The van der Waals surface area contributed by atoms with E-state index in [0.29, 0.717) is 5.69 Å². The monoisotopic (exact) mass is 392 g/mol. The molecule has 0 aliphatic rings. The maximum Gasteiger partial charge on any atom is 0.243 e. The third kappa shape index (κ3) is 4.17. The van der Waals surface area contributed by atoms with E-state index in [0.717, 1.165) is 19.6 Å². The molecule has 3 N–H and O–H groups in total. The number of aromatic amines is 1. The summed E-state index contributed by atoms with van der Waals surface area (Å²) in [6.45, 7) is -0.0631. The lowest BCUT2D eigenvalue weighted by Crippen LogP contribution is -2.33. The van der Waals surface area contributed by atoms with Gasteiger partial charge in [-0.3, -0.25) is 14.7 Å². The molecule has 23 heavy (non-hydrogen) atoms. The second-order valence-corrected chi connectivity index (χ2v) is 7.43. The van der Waals surface area contributed by atoms with Crippen molar-refractivity contribution < 1.29 is 9.59 Å². The Balaban J connectivity index is 1.49. The normalized spacial score (nSPS) is 10.7. The van der Waals surface area contributed by atoms with Crippen LogP contribution in [0.2, 0.25) is 0 Å². The number of benzene rings is 1. The van der Waals surface area contributed by atoms with Gasteiger partial charge in [-0.1, -0.05) is 0 Å². The van der Waals surface area contributed by atoms with Crippen molar-refractivity contribution >= 4 is 55.7 Å². The van der Waals surface area contributed by atoms with Crippen molar-refractivity contribution in [1.29, 1.82) is 0 Å². The van der Waals surface area contributed by atoms with Gasteiger partial charge in [0, 0.05) is 16.0 Å². The average molecular weight is 393 g/mol. The molecule has 0 atom stereocenters. The summed E-state index contributed by atoms with van der Waals surface area (Å²) in [5.41, 5.74) is 1.50. The van der Waals surface area contributed by atoms with Crippen molar-refractivity contribution in [2.24, 2.45) is 0 Å². The van der Waals surface area contributed by atoms with E-state index in [1.807, 2.05) is 18.2 Å². The van der Waals surface area contributed by atoms with Gasteiger partial charge in [-0.2, -0.15) is 5.10 Å². The molecule has 2 aromatic heterocycles. The van der Waals surface area contributed by atoms with Crippen LogP contribution in [0, 0.1) is 0 Å². The van der Waals surface area contributed by atoms with Crippen LogP contribution in [0.25, 0.3) is 10.9 Å². The number of nitrogens with zero attached hydrogens (tertiary/aromatic N) is 1. The van der Waals surface area contributed by atoms with E-state index in [2.05, 4.69) is 36.8 Å². The van der Waals surface area contributed by atoms with Gasteiger partial charge in [0.05, 0.1) is 28.5 Å². The second kappa shape index (κ2) is 6.93. The Morgan fingerprint density at radius 3 is 2.87 bits per heavy atom. The maximum absolute atomic E-state index is 11.9. The Kier molecular flexibility index (Phi) is 4.73. The minimum atomic E-state index is -0.274. The first-order valence-corrected chi connectivity index (χ1v) is 8.45. The Morgan fingerprint density at radius 2 is 2.09 bits per heavy atom. The first-order chi connectivity index (χ1) is 11.1. The summed E-state index contributed by atoms with van der Waals surface area (Å²) < 4.78 is 0.979. The smallest absolute Gasteiger partial charge is 0.243 e. The SMILES string of the molecule is O=C(Cc1ccc(Br)s1)NCC(=O)Nc1ccc2cn[nH]c2c1. The summed E-state index contributed by atoms with van der Waals surface area (Å²) in [6.07, 6.45) is 1.98. The number of carbonyl (C=O) groups is 2. The first-order valence-electron chi connectivity index (χ1n) is 6.84. The highest BCUT2D eigenvalue weighted by Crippen LogP contribution is 2.22. The molecule has 0 aliphatic heterocycles. The molecule has 0 bridgehead atoms. The zero-order chi connectivity index (χ0) is 16.2. The van der Waals surface area contributed by atoms with Crippen LogP contribution in [0.3, 0.4) is 0 Å². The average Bonchev–Trinajstić information content (AvgIpc) is 3.13. The van der Waals surface area contributed by atoms with Crippen LogP contribution in [0.1, 0.15) is 4.88 Å². The zero-order valence-electron chi connectivity index (χ0n) is 11.9. The van der Waals surface area contributed by atoms with Crippen LogP contribution in [0.4, 0.5) is 5.69 Å². The molecule has 2 heterocycles. The van der Waals surface area contributed by atoms with E-state index in [1.165, 1.54) is 11.3 Å². The van der Waals surface area contributed by atoms with Gasteiger partial charge in [0.1, 0.15) is 0 Å². The van der Waals surface area contributed by atoms with E-state index in [9.17, 15) is 9.59 Å². The Bertz CT molecular complexity index is 858. The van der Waals surface area contributed by atoms with Crippen molar-refractivity contribution in [1.82, 2.24) is 15.5 Å². The largest absolute Gasteiger partial charge is 0.347 e. The number of rotatable bonds is 5. The lowest BCUT2D eigenvalue weighted by atomic mass is 10.2. The summed E-state index contributed by atoms with van der Waals surface area (Å²) in [5, 5.41) is 13.1. The highest BCUT2D eigenvalue weighted by atomic mass is 79.9. The fourth-order valence-corrected chi connectivity index (χ4v) is 3.55. The standard InChI is InChI=1S/C15H13BrN4O2S/c16-13-4-3-11(23-13)6-14(21)17-8-15(22)19-10-2-1-9-7-18-20-12(9)5-10/h1-5,7H,6,8H2,(H,17,21)(H,18,20)(H,19,22). The quantitative estimate of drug-likeness (QED) is 0.623. The van der Waals surface area contributed by atoms with Gasteiger partial charge in [0.25, 0.3) is 0 Å². The fraction of sp³-hybridized carbons (Fsp3) is 0.133. The number of nitrogens with one attached hydrogen (secondary N) is 3. The highest BCUT2D eigenvalue weighted by molar-refractivity contribution is 9.11. The molecule has 0 spiro atoms. The highest BCUT2D eigenvalue weighted by Gasteiger charge is 2.09. The number of hydrogen-bond acceptors (Lipinski definition) is 4. The number of carbonyl (C=O) groups excluding carboxylic acids is 2. The van der Waals surface area contributed by atoms with Crippen molar-refractivity contribution in [3.63, 3.8) is 0 Å². The molecule has 0 fully saturated rings. The van der Waals surface area contributed by atoms with Crippen LogP contribution >= 0.6 is 27.3 Å². The minimum Gasteiger partial charge on any atom is -0.347 e.